The van der Waals surface area contributed by atoms with Gasteiger partial charge in [-0.25, -0.2) is 9.97 Å². The fourth-order valence-electron chi connectivity index (χ4n) is 4.51. The van der Waals surface area contributed by atoms with Gasteiger partial charge in [-0.1, -0.05) is 20.8 Å². The largest absolute Gasteiger partial charge is 0.378 e. The molecule has 0 N–H and O–H groups in total. The van der Waals surface area contributed by atoms with Crippen molar-refractivity contribution in [1.82, 2.24) is 19.4 Å². The van der Waals surface area contributed by atoms with Crippen molar-refractivity contribution in [3.05, 3.63) is 41.0 Å². The van der Waals surface area contributed by atoms with Gasteiger partial charge in [-0.3, -0.25) is 4.79 Å². The Morgan fingerprint density at radius 2 is 1.97 bits per heavy atom. The maximum Gasteiger partial charge on any atom is 0.257 e. The zero-order chi connectivity index (χ0) is 20.5. The van der Waals surface area contributed by atoms with Crippen molar-refractivity contribution in [2.75, 3.05) is 37.7 Å². The van der Waals surface area contributed by atoms with Crippen LogP contribution in [0.25, 0.3) is 0 Å². The Morgan fingerprint density at radius 3 is 2.66 bits per heavy atom. The van der Waals surface area contributed by atoms with E-state index in [1.807, 2.05) is 11.8 Å². The van der Waals surface area contributed by atoms with Crippen LogP contribution in [0.1, 0.15) is 54.3 Å². The predicted octanol–water partition coefficient (Wildman–Crippen LogP) is 2.84. The molecule has 0 aromatic carbocycles. The first-order valence-corrected chi connectivity index (χ1v) is 10.7. The van der Waals surface area contributed by atoms with E-state index in [4.69, 9.17) is 9.72 Å². The number of aryl methyl sites for hydroxylation is 2. The van der Waals surface area contributed by atoms with Gasteiger partial charge in [-0.15, -0.1) is 0 Å². The van der Waals surface area contributed by atoms with Gasteiger partial charge in [0, 0.05) is 43.8 Å². The summed E-state index contributed by atoms with van der Waals surface area (Å²) in [6, 6.07) is 4.38. The normalized spacial score (nSPS) is 19.6. The lowest BCUT2D eigenvalue weighted by Gasteiger charge is -2.40. The molecule has 1 atom stereocenters. The van der Waals surface area contributed by atoms with Crippen LogP contribution in [0.3, 0.4) is 0 Å². The van der Waals surface area contributed by atoms with Crippen LogP contribution in [0.5, 0.6) is 0 Å². The van der Waals surface area contributed by atoms with E-state index in [-0.39, 0.29) is 11.9 Å². The Labute approximate surface area is 172 Å². The van der Waals surface area contributed by atoms with Crippen LogP contribution in [0, 0.1) is 12.8 Å². The zero-order valence-corrected chi connectivity index (χ0v) is 17.9. The highest BCUT2D eigenvalue weighted by molar-refractivity contribution is 5.95. The molecule has 0 saturated carbocycles. The summed E-state index contributed by atoms with van der Waals surface area (Å²) >= 11 is 0. The summed E-state index contributed by atoms with van der Waals surface area (Å²) in [5.41, 5.74) is 3.93. The molecule has 2 aliphatic rings. The molecule has 156 valence electrons. The molecule has 0 bridgehead atoms. The van der Waals surface area contributed by atoms with Crippen LogP contribution < -0.4 is 4.90 Å². The first-order valence-electron chi connectivity index (χ1n) is 10.7. The smallest absolute Gasteiger partial charge is 0.257 e. The van der Waals surface area contributed by atoms with E-state index in [9.17, 15) is 4.79 Å². The average molecular weight is 398 g/mol. The number of carbonyl (C=O) groups is 1. The number of rotatable bonds is 4. The average Bonchev–Trinajstić information content (AvgIpc) is 3.13. The molecule has 2 aliphatic heterocycles. The lowest BCUT2D eigenvalue weighted by molar-refractivity contribution is 0.0552. The van der Waals surface area contributed by atoms with Crippen molar-refractivity contribution in [2.45, 2.75) is 46.7 Å². The second-order valence-electron chi connectivity index (χ2n) is 8.22. The Morgan fingerprint density at radius 1 is 1.21 bits per heavy atom. The van der Waals surface area contributed by atoms with Gasteiger partial charge in [0.1, 0.15) is 0 Å². The molecular formula is C22H31N5O2. The minimum Gasteiger partial charge on any atom is -0.378 e. The van der Waals surface area contributed by atoms with Crippen molar-refractivity contribution in [1.29, 1.82) is 0 Å². The molecule has 1 amide bonds. The number of hydrogen-bond donors (Lipinski definition) is 0. The topological polar surface area (TPSA) is 63.5 Å². The third-order valence-corrected chi connectivity index (χ3v) is 6.04. The van der Waals surface area contributed by atoms with Crippen molar-refractivity contribution >= 4 is 11.9 Å². The molecule has 0 unspecified atom stereocenters. The number of nitrogens with zero attached hydrogens (tertiary/aromatic N) is 5. The molecule has 1 fully saturated rings. The Balaban J connectivity index is 1.64. The number of hydrogen-bond acceptors (Lipinski definition) is 5. The molecule has 7 nitrogen and oxygen atoms in total. The Kier molecular flexibility index (Phi) is 5.58. The van der Waals surface area contributed by atoms with Crippen LogP contribution in [0.2, 0.25) is 0 Å². The summed E-state index contributed by atoms with van der Waals surface area (Å²) in [7, 11) is 0. The van der Waals surface area contributed by atoms with Crippen molar-refractivity contribution in [2.24, 2.45) is 5.92 Å². The van der Waals surface area contributed by atoms with Crippen LogP contribution >= 0.6 is 0 Å². The maximum atomic E-state index is 13.6. The first kappa shape index (κ1) is 19.9. The van der Waals surface area contributed by atoms with E-state index in [1.54, 1.807) is 6.20 Å². The third kappa shape index (κ3) is 3.64. The number of aromatic nitrogens is 3. The zero-order valence-electron chi connectivity index (χ0n) is 17.9. The van der Waals surface area contributed by atoms with Gasteiger partial charge >= 0.3 is 0 Å². The van der Waals surface area contributed by atoms with Gasteiger partial charge in [-0.05, 0) is 31.4 Å². The number of carbonyl (C=O) groups excluding carboxylic acids is 1. The third-order valence-electron chi connectivity index (χ3n) is 6.04. The monoisotopic (exact) mass is 397 g/mol. The summed E-state index contributed by atoms with van der Waals surface area (Å²) < 4.78 is 7.76. The lowest BCUT2D eigenvalue weighted by atomic mass is 9.96. The van der Waals surface area contributed by atoms with Gasteiger partial charge in [-0.2, -0.15) is 0 Å². The molecule has 1 saturated heterocycles. The van der Waals surface area contributed by atoms with Gasteiger partial charge in [0.15, 0.2) is 0 Å². The lowest BCUT2D eigenvalue weighted by Crippen LogP contribution is -2.44. The summed E-state index contributed by atoms with van der Waals surface area (Å²) in [6.07, 6.45) is 2.44. The van der Waals surface area contributed by atoms with Gasteiger partial charge in [0.05, 0.1) is 30.5 Å². The minimum atomic E-state index is 0.0409. The van der Waals surface area contributed by atoms with E-state index in [1.165, 1.54) is 11.4 Å². The Hall–Kier alpha value is -2.41. The van der Waals surface area contributed by atoms with E-state index in [0.29, 0.717) is 43.6 Å². The van der Waals surface area contributed by atoms with E-state index < -0.39 is 0 Å². The molecule has 29 heavy (non-hydrogen) atoms. The highest BCUT2D eigenvalue weighted by Crippen LogP contribution is 2.34. The molecular weight excluding hydrogens is 366 g/mol. The number of anilines is 1. The van der Waals surface area contributed by atoms with E-state index >= 15 is 0 Å². The number of fused-ring (bicyclic) bond motifs is 1. The minimum absolute atomic E-state index is 0.0409. The molecule has 0 radical (unpaired) electrons. The van der Waals surface area contributed by atoms with Crippen LogP contribution in [0.15, 0.2) is 18.3 Å². The number of ether oxygens (including phenoxy) is 1. The molecule has 7 heteroatoms. The summed E-state index contributed by atoms with van der Waals surface area (Å²) in [5, 5.41) is 0. The fraction of sp³-hybridized carbons (Fsp3) is 0.591. The second kappa shape index (κ2) is 8.14. The standard InChI is InChI=1S/C22H31N5O2/c1-5-18-17(14-23-22(24-18)25-10-12-29-13-11-25)21(28)27-9-8-26-16(4)6-7-19(26)20(27)15(2)3/h6-7,14-15,20H,5,8-13H2,1-4H3/t20-/m0/s1. The van der Waals surface area contributed by atoms with Gasteiger partial charge in [0.25, 0.3) is 5.91 Å². The first-order chi connectivity index (χ1) is 14.0. The Bertz CT molecular complexity index is 885. The molecule has 2 aromatic rings. The molecule has 4 heterocycles. The second-order valence-corrected chi connectivity index (χ2v) is 8.22. The van der Waals surface area contributed by atoms with Crippen LogP contribution in [-0.4, -0.2) is 58.2 Å². The number of amides is 1. The van der Waals surface area contributed by atoms with E-state index in [0.717, 1.165) is 25.3 Å². The SMILES string of the molecule is CCc1nc(N2CCOCC2)ncc1C(=O)N1CCn2c(C)ccc2[C@@H]1C(C)C. The predicted molar refractivity (Wildman–Crippen MR) is 112 cm³/mol. The maximum absolute atomic E-state index is 13.6. The van der Waals surface area contributed by atoms with Gasteiger partial charge < -0.3 is 19.1 Å². The molecule has 4 rings (SSSR count). The van der Waals surface area contributed by atoms with Crippen LogP contribution in [0.4, 0.5) is 5.95 Å². The van der Waals surface area contributed by atoms with Crippen molar-refractivity contribution in [3.63, 3.8) is 0 Å². The molecule has 0 spiro atoms. The summed E-state index contributed by atoms with van der Waals surface area (Å²) in [6.45, 7) is 13.0. The molecule has 0 aliphatic carbocycles. The summed E-state index contributed by atoms with van der Waals surface area (Å²) in [5.74, 6) is 1.07. The van der Waals surface area contributed by atoms with Crippen LogP contribution in [-0.2, 0) is 17.7 Å². The van der Waals surface area contributed by atoms with Gasteiger partial charge in [0.2, 0.25) is 5.95 Å². The van der Waals surface area contributed by atoms with E-state index in [2.05, 4.69) is 47.4 Å². The summed E-state index contributed by atoms with van der Waals surface area (Å²) in [4.78, 5) is 27.1. The number of morpholine rings is 1. The fourth-order valence-corrected chi connectivity index (χ4v) is 4.51. The highest BCUT2D eigenvalue weighted by atomic mass is 16.5. The highest BCUT2D eigenvalue weighted by Gasteiger charge is 2.35. The molecule has 2 aromatic heterocycles. The van der Waals surface area contributed by atoms with Crippen molar-refractivity contribution < 1.29 is 9.53 Å². The van der Waals surface area contributed by atoms with Crippen molar-refractivity contribution in [3.8, 4) is 0 Å². The quantitative estimate of drug-likeness (QED) is 0.794.